The first-order valence-electron chi connectivity index (χ1n) is 9.54. The van der Waals surface area contributed by atoms with Gasteiger partial charge in [-0.25, -0.2) is 0 Å². The molecule has 0 saturated heterocycles. The first kappa shape index (κ1) is 20.0. The summed E-state index contributed by atoms with van der Waals surface area (Å²) in [5.41, 5.74) is 5.36. The zero-order valence-corrected chi connectivity index (χ0v) is 17.4. The van der Waals surface area contributed by atoms with Crippen molar-refractivity contribution in [3.63, 3.8) is 0 Å². The van der Waals surface area contributed by atoms with Crippen molar-refractivity contribution in [1.82, 2.24) is 0 Å². The van der Waals surface area contributed by atoms with Crippen molar-refractivity contribution < 1.29 is 4.79 Å². The summed E-state index contributed by atoms with van der Waals surface area (Å²) in [7, 11) is 1.84. The molecule has 0 bridgehead atoms. The van der Waals surface area contributed by atoms with Crippen molar-refractivity contribution in [3.05, 3.63) is 87.7 Å². The molecule has 144 valence electrons. The van der Waals surface area contributed by atoms with Gasteiger partial charge in [-0.2, -0.15) is 0 Å². The molecule has 0 radical (unpaired) electrons. The lowest BCUT2D eigenvalue weighted by atomic mass is 9.86. The summed E-state index contributed by atoms with van der Waals surface area (Å²) >= 11 is 1.60. The molecule has 4 heteroatoms. The van der Waals surface area contributed by atoms with Gasteiger partial charge >= 0.3 is 0 Å². The van der Waals surface area contributed by atoms with Crippen LogP contribution < -0.4 is 5.32 Å². The average Bonchev–Trinajstić information content (AvgIpc) is 3.19. The minimum atomic E-state index is -0.00243. The second-order valence-electron chi connectivity index (χ2n) is 7.04. The normalized spacial score (nSPS) is 15.8. The molecule has 3 nitrogen and oxygen atoms in total. The second-order valence-corrected chi connectivity index (χ2v) is 8.07. The van der Waals surface area contributed by atoms with Crippen molar-refractivity contribution in [1.29, 1.82) is 0 Å². The number of carbonyl (C=O) groups excluding carboxylic acids is 1. The van der Waals surface area contributed by atoms with Gasteiger partial charge < -0.3 is 5.32 Å². The SMILES string of the molecule is CN=C(/C(=C1/C=CC=CC1)C(C)C)c1cccc(NC(=O)Cc2cccs2)c1. The van der Waals surface area contributed by atoms with Crippen LogP contribution >= 0.6 is 11.3 Å². The Morgan fingerprint density at radius 1 is 1.21 bits per heavy atom. The van der Waals surface area contributed by atoms with Crippen LogP contribution in [0, 0.1) is 5.92 Å². The zero-order valence-electron chi connectivity index (χ0n) is 16.6. The highest BCUT2D eigenvalue weighted by atomic mass is 32.1. The van der Waals surface area contributed by atoms with E-state index in [1.54, 1.807) is 11.3 Å². The first-order valence-corrected chi connectivity index (χ1v) is 10.4. The van der Waals surface area contributed by atoms with Gasteiger partial charge in [-0.05, 0) is 47.1 Å². The van der Waals surface area contributed by atoms with Crippen molar-refractivity contribution in [2.24, 2.45) is 10.9 Å². The average molecular weight is 391 g/mol. The maximum absolute atomic E-state index is 12.4. The van der Waals surface area contributed by atoms with Gasteiger partial charge in [0, 0.05) is 23.2 Å². The molecule has 0 fully saturated rings. The molecule has 0 spiro atoms. The summed E-state index contributed by atoms with van der Waals surface area (Å²) in [5, 5.41) is 5.01. The van der Waals surface area contributed by atoms with E-state index in [4.69, 9.17) is 0 Å². The van der Waals surface area contributed by atoms with Gasteiger partial charge in [0.25, 0.3) is 0 Å². The lowest BCUT2D eigenvalue weighted by Crippen LogP contribution is -2.16. The molecule has 0 aliphatic heterocycles. The maximum Gasteiger partial charge on any atom is 0.229 e. The van der Waals surface area contributed by atoms with E-state index in [1.807, 2.05) is 42.8 Å². The first-order chi connectivity index (χ1) is 13.6. The van der Waals surface area contributed by atoms with E-state index in [0.29, 0.717) is 12.3 Å². The highest BCUT2D eigenvalue weighted by molar-refractivity contribution is 7.10. The lowest BCUT2D eigenvalue weighted by molar-refractivity contribution is -0.115. The van der Waals surface area contributed by atoms with Gasteiger partial charge in [-0.15, -0.1) is 11.3 Å². The van der Waals surface area contributed by atoms with Crippen LogP contribution in [0.15, 0.2) is 82.2 Å². The molecule has 0 atom stereocenters. The number of rotatable bonds is 6. The van der Waals surface area contributed by atoms with Gasteiger partial charge in [0.15, 0.2) is 0 Å². The molecule has 1 aliphatic rings. The van der Waals surface area contributed by atoms with E-state index in [2.05, 4.69) is 54.5 Å². The van der Waals surface area contributed by atoms with Crippen LogP contribution in [0.5, 0.6) is 0 Å². The van der Waals surface area contributed by atoms with Crippen molar-refractivity contribution >= 4 is 28.6 Å². The molecule has 0 unspecified atom stereocenters. The number of allylic oxidation sites excluding steroid dienone is 6. The van der Waals surface area contributed by atoms with Gasteiger partial charge in [-0.3, -0.25) is 9.79 Å². The Kier molecular flexibility index (Phi) is 6.77. The van der Waals surface area contributed by atoms with E-state index in [0.717, 1.165) is 28.3 Å². The number of aliphatic imine (C=N–C) groups is 1. The van der Waals surface area contributed by atoms with Crippen LogP contribution in [0.2, 0.25) is 0 Å². The largest absolute Gasteiger partial charge is 0.326 e. The van der Waals surface area contributed by atoms with Gasteiger partial charge in [0.05, 0.1) is 12.1 Å². The van der Waals surface area contributed by atoms with Crippen LogP contribution in [0.25, 0.3) is 0 Å². The van der Waals surface area contributed by atoms with E-state index in [-0.39, 0.29) is 5.91 Å². The molecule has 1 aliphatic carbocycles. The quantitative estimate of drug-likeness (QED) is 0.621. The topological polar surface area (TPSA) is 41.5 Å². The number of hydrogen-bond acceptors (Lipinski definition) is 3. The fraction of sp³-hybridized carbons (Fsp3) is 0.250. The predicted molar refractivity (Wildman–Crippen MR) is 120 cm³/mol. The molecule has 28 heavy (non-hydrogen) atoms. The Morgan fingerprint density at radius 3 is 2.71 bits per heavy atom. The maximum atomic E-state index is 12.4. The predicted octanol–water partition coefficient (Wildman–Crippen LogP) is 5.82. The molecule has 3 rings (SSSR count). The van der Waals surface area contributed by atoms with Gasteiger partial charge in [0.1, 0.15) is 0 Å². The molecule has 1 N–H and O–H groups in total. The van der Waals surface area contributed by atoms with Crippen LogP contribution in [-0.4, -0.2) is 18.7 Å². The minimum Gasteiger partial charge on any atom is -0.326 e. The molecule has 2 aromatic rings. The smallest absolute Gasteiger partial charge is 0.229 e. The van der Waals surface area contributed by atoms with Crippen LogP contribution in [0.3, 0.4) is 0 Å². The number of carbonyl (C=O) groups is 1. The molecular weight excluding hydrogens is 364 g/mol. The number of nitrogens with zero attached hydrogens (tertiary/aromatic N) is 1. The van der Waals surface area contributed by atoms with E-state index >= 15 is 0 Å². The van der Waals surface area contributed by atoms with Crippen LogP contribution in [0.4, 0.5) is 5.69 Å². The summed E-state index contributed by atoms with van der Waals surface area (Å²) < 4.78 is 0. The Balaban J connectivity index is 1.85. The second kappa shape index (κ2) is 9.47. The Labute approximate surface area is 171 Å². The number of benzene rings is 1. The number of nitrogens with one attached hydrogen (secondary N) is 1. The fourth-order valence-electron chi connectivity index (χ4n) is 3.44. The Hall–Kier alpha value is -2.72. The molecular formula is C24H26N2OS. The lowest BCUT2D eigenvalue weighted by Gasteiger charge is -2.20. The third-order valence-corrected chi connectivity index (χ3v) is 5.50. The number of thiophene rings is 1. The third-order valence-electron chi connectivity index (χ3n) is 4.62. The summed E-state index contributed by atoms with van der Waals surface area (Å²) in [6, 6.07) is 11.9. The van der Waals surface area contributed by atoms with Gasteiger partial charge in [0.2, 0.25) is 5.91 Å². The van der Waals surface area contributed by atoms with E-state index < -0.39 is 0 Å². The number of anilines is 1. The van der Waals surface area contributed by atoms with Crippen molar-refractivity contribution in [3.8, 4) is 0 Å². The summed E-state index contributed by atoms with van der Waals surface area (Å²) in [5.74, 6) is 0.347. The van der Waals surface area contributed by atoms with E-state index in [1.165, 1.54) is 11.1 Å². The van der Waals surface area contributed by atoms with Crippen LogP contribution in [-0.2, 0) is 11.2 Å². The zero-order chi connectivity index (χ0) is 19.9. The number of amides is 1. The van der Waals surface area contributed by atoms with Gasteiger partial charge in [-0.1, -0.05) is 56.4 Å². The highest BCUT2D eigenvalue weighted by Gasteiger charge is 2.18. The third kappa shape index (κ3) is 4.96. The summed E-state index contributed by atoms with van der Waals surface area (Å²) in [6.45, 7) is 4.40. The van der Waals surface area contributed by atoms with Crippen molar-refractivity contribution in [2.75, 3.05) is 12.4 Å². The molecule has 1 amide bonds. The molecule has 0 saturated carbocycles. The van der Waals surface area contributed by atoms with E-state index in [9.17, 15) is 4.79 Å². The summed E-state index contributed by atoms with van der Waals surface area (Å²) in [6.07, 6.45) is 9.82. The molecule has 1 heterocycles. The monoisotopic (exact) mass is 390 g/mol. The van der Waals surface area contributed by atoms with Crippen LogP contribution in [0.1, 0.15) is 30.7 Å². The highest BCUT2D eigenvalue weighted by Crippen LogP contribution is 2.27. The minimum absolute atomic E-state index is 0.00243. The number of hydrogen-bond donors (Lipinski definition) is 1. The van der Waals surface area contributed by atoms with Crippen molar-refractivity contribution in [2.45, 2.75) is 26.7 Å². The molecule has 1 aromatic carbocycles. The summed E-state index contributed by atoms with van der Waals surface area (Å²) in [4.78, 5) is 18.0. The Bertz CT molecular complexity index is 947. The Morgan fingerprint density at radius 2 is 2.07 bits per heavy atom. The molecule has 1 aromatic heterocycles. The standard InChI is InChI=1S/C24H26N2OS/c1-17(2)23(18-9-5-4-6-10-18)24(25-3)19-11-7-12-20(15-19)26-22(27)16-21-13-8-14-28-21/h4-9,11-15,17H,10,16H2,1-3H3,(H,26,27)/b23-18-,25-24?. The fourth-order valence-corrected chi connectivity index (χ4v) is 4.14.